The van der Waals surface area contributed by atoms with Gasteiger partial charge in [-0.15, -0.1) is 0 Å². The fourth-order valence-corrected chi connectivity index (χ4v) is 3.75. The van der Waals surface area contributed by atoms with Crippen molar-refractivity contribution in [3.8, 4) is 5.75 Å². The molecule has 0 amide bonds. The van der Waals surface area contributed by atoms with Gasteiger partial charge in [-0.05, 0) is 35.5 Å². The highest BCUT2D eigenvalue weighted by atomic mass is 31.1. The lowest BCUT2D eigenvalue weighted by atomic mass is 10.2. The zero-order chi connectivity index (χ0) is 16.1. The molecule has 0 spiro atoms. The van der Waals surface area contributed by atoms with E-state index in [-0.39, 0.29) is 0 Å². The number of hydrogen-bond acceptors (Lipinski definition) is 2. The normalized spacial score (nSPS) is 11.0. The Morgan fingerprint density at radius 1 is 0.826 bits per heavy atom. The van der Waals surface area contributed by atoms with Gasteiger partial charge in [0, 0.05) is 17.5 Å². The summed E-state index contributed by atoms with van der Waals surface area (Å²) in [6, 6.07) is 24.5. The van der Waals surface area contributed by atoms with Crippen LogP contribution in [-0.4, -0.2) is 5.11 Å². The predicted octanol–water partition coefficient (Wildman–Crippen LogP) is 3.94. The second-order valence-electron chi connectivity index (χ2n) is 5.47. The summed E-state index contributed by atoms with van der Waals surface area (Å²) in [5.74, 6) is 0.414. The van der Waals surface area contributed by atoms with Gasteiger partial charge < -0.3 is 10.4 Å². The number of aromatic hydroxyl groups is 1. The van der Waals surface area contributed by atoms with E-state index in [1.807, 2.05) is 43.3 Å². The molecule has 3 rings (SSSR count). The van der Waals surface area contributed by atoms with Crippen molar-refractivity contribution < 1.29 is 5.11 Å². The van der Waals surface area contributed by atoms with Crippen LogP contribution in [0.1, 0.15) is 11.1 Å². The van der Waals surface area contributed by atoms with Crippen molar-refractivity contribution in [3.63, 3.8) is 0 Å². The first-order valence-electron chi connectivity index (χ1n) is 7.66. The lowest BCUT2D eigenvalue weighted by Crippen LogP contribution is -2.13. The molecule has 0 saturated heterocycles. The van der Waals surface area contributed by atoms with Crippen LogP contribution in [0.3, 0.4) is 0 Å². The van der Waals surface area contributed by atoms with Crippen LogP contribution in [0.4, 0.5) is 5.69 Å². The standard InChI is InChI=1S/C20H20NOP/c1-15-8-7-13-19(20(15)22)23-18-12-6-5-9-16(18)14-21-17-10-3-2-4-11-17/h2-13,21-23H,14H2,1H3. The van der Waals surface area contributed by atoms with Crippen molar-refractivity contribution in [2.24, 2.45) is 0 Å². The molecule has 0 aliphatic heterocycles. The maximum absolute atomic E-state index is 10.2. The van der Waals surface area contributed by atoms with E-state index in [2.05, 4.69) is 41.7 Å². The summed E-state index contributed by atoms with van der Waals surface area (Å²) in [5, 5.41) is 16.0. The minimum absolute atomic E-state index is 0.414. The van der Waals surface area contributed by atoms with Crippen molar-refractivity contribution in [2.45, 2.75) is 13.5 Å². The fraction of sp³-hybridized carbons (Fsp3) is 0.100. The molecule has 0 aliphatic rings. The van der Waals surface area contributed by atoms with Crippen molar-refractivity contribution in [2.75, 3.05) is 5.32 Å². The third-order valence-corrected chi connectivity index (χ3v) is 5.21. The molecule has 0 aliphatic carbocycles. The molecule has 0 heterocycles. The van der Waals surface area contributed by atoms with Gasteiger partial charge in [0.1, 0.15) is 5.75 Å². The summed E-state index contributed by atoms with van der Waals surface area (Å²) in [6.45, 7) is 2.71. The van der Waals surface area contributed by atoms with Crippen molar-refractivity contribution in [1.29, 1.82) is 0 Å². The zero-order valence-corrected chi connectivity index (χ0v) is 14.1. The number of aryl methyl sites for hydroxylation is 1. The highest BCUT2D eigenvalue weighted by Gasteiger charge is 2.08. The Balaban J connectivity index is 1.79. The number of nitrogens with one attached hydrogen (secondary N) is 1. The molecular formula is C20H20NOP. The van der Waals surface area contributed by atoms with Gasteiger partial charge in [0.15, 0.2) is 0 Å². The quantitative estimate of drug-likeness (QED) is 0.698. The molecule has 0 fully saturated rings. The van der Waals surface area contributed by atoms with E-state index in [4.69, 9.17) is 0 Å². The molecule has 2 N–H and O–H groups in total. The monoisotopic (exact) mass is 321 g/mol. The number of rotatable bonds is 5. The van der Waals surface area contributed by atoms with E-state index in [1.54, 1.807) is 0 Å². The first-order valence-corrected chi connectivity index (χ1v) is 8.66. The van der Waals surface area contributed by atoms with Gasteiger partial charge in [-0.1, -0.05) is 69.2 Å². The van der Waals surface area contributed by atoms with Crippen LogP contribution in [-0.2, 0) is 6.54 Å². The zero-order valence-electron chi connectivity index (χ0n) is 13.1. The van der Waals surface area contributed by atoms with Crippen LogP contribution < -0.4 is 15.9 Å². The van der Waals surface area contributed by atoms with Gasteiger partial charge in [0.05, 0.1) is 0 Å². The summed E-state index contributed by atoms with van der Waals surface area (Å²) in [7, 11) is 0.448. The number of hydrogen-bond donors (Lipinski definition) is 2. The molecule has 1 unspecified atom stereocenters. The largest absolute Gasteiger partial charge is 0.507 e. The van der Waals surface area contributed by atoms with Gasteiger partial charge in [0.2, 0.25) is 0 Å². The molecule has 2 nitrogen and oxygen atoms in total. The van der Waals surface area contributed by atoms with E-state index in [9.17, 15) is 5.11 Å². The van der Waals surface area contributed by atoms with Crippen LogP contribution in [0.15, 0.2) is 72.8 Å². The smallest absolute Gasteiger partial charge is 0.126 e. The highest BCUT2D eigenvalue weighted by Crippen LogP contribution is 2.23. The van der Waals surface area contributed by atoms with Crippen molar-refractivity contribution >= 4 is 24.9 Å². The van der Waals surface area contributed by atoms with Gasteiger partial charge in [0.25, 0.3) is 0 Å². The van der Waals surface area contributed by atoms with Gasteiger partial charge in [-0.2, -0.15) is 0 Å². The Morgan fingerprint density at radius 2 is 1.52 bits per heavy atom. The number of anilines is 1. The fourth-order valence-electron chi connectivity index (χ4n) is 2.45. The number of benzene rings is 3. The number of phenols is 1. The Kier molecular flexibility index (Phi) is 4.95. The van der Waals surface area contributed by atoms with Crippen LogP contribution in [0.5, 0.6) is 5.75 Å². The first-order chi connectivity index (χ1) is 11.2. The Hall–Kier alpha value is -2.31. The Bertz CT molecular complexity index is 787. The Morgan fingerprint density at radius 3 is 2.35 bits per heavy atom. The minimum Gasteiger partial charge on any atom is -0.507 e. The number of para-hydroxylation sites is 2. The van der Waals surface area contributed by atoms with E-state index in [1.165, 1.54) is 10.9 Å². The van der Waals surface area contributed by atoms with Crippen LogP contribution in [0, 0.1) is 6.92 Å². The number of phenolic OH excluding ortho intramolecular Hbond substituents is 1. The third-order valence-electron chi connectivity index (χ3n) is 3.78. The van der Waals surface area contributed by atoms with Crippen LogP contribution in [0.2, 0.25) is 0 Å². The molecule has 0 bridgehead atoms. The highest BCUT2D eigenvalue weighted by molar-refractivity contribution is 7.55. The second kappa shape index (κ2) is 7.30. The molecule has 3 aromatic carbocycles. The molecule has 23 heavy (non-hydrogen) atoms. The van der Waals surface area contributed by atoms with Gasteiger partial charge in [-0.3, -0.25) is 0 Å². The van der Waals surface area contributed by atoms with Gasteiger partial charge in [-0.25, -0.2) is 0 Å². The SMILES string of the molecule is Cc1cccc(Pc2ccccc2CNc2ccccc2)c1O. The molecule has 0 radical (unpaired) electrons. The lowest BCUT2D eigenvalue weighted by Gasteiger charge is -2.13. The maximum Gasteiger partial charge on any atom is 0.126 e. The average Bonchev–Trinajstić information content (AvgIpc) is 2.59. The molecule has 1 atom stereocenters. The summed E-state index contributed by atoms with van der Waals surface area (Å²) in [5.41, 5.74) is 3.30. The van der Waals surface area contributed by atoms with Crippen LogP contribution in [0.25, 0.3) is 0 Å². The summed E-state index contributed by atoms with van der Waals surface area (Å²) >= 11 is 0. The topological polar surface area (TPSA) is 32.3 Å². The van der Waals surface area contributed by atoms with E-state index < -0.39 is 0 Å². The molecule has 116 valence electrons. The molecule has 3 heteroatoms. The van der Waals surface area contributed by atoms with Crippen molar-refractivity contribution in [1.82, 2.24) is 0 Å². The summed E-state index contributed by atoms with van der Waals surface area (Å²) in [4.78, 5) is 0. The van der Waals surface area contributed by atoms with Gasteiger partial charge >= 0.3 is 0 Å². The van der Waals surface area contributed by atoms with E-state index >= 15 is 0 Å². The average molecular weight is 321 g/mol. The summed E-state index contributed by atoms with van der Waals surface area (Å²) in [6.07, 6.45) is 0. The first kappa shape index (κ1) is 15.6. The van der Waals surface area contributed by atoms with E-state index in [0.29, 0.717) is 14.3 Å². The van der Waals surface area contributed by atoms with Crippen molar-refractivity contribution in [3.05, 3.63) is 83.9 Å². The molecule has 0 aromatic heterocycles. The predicted molar refractivity (Wildman–Crippen MR) is 101 cm³/mol. The van der Waals surface area contributed by atoms with E-state index in [0.717, 1.165) is 23.1 Å². The molecular weight excluding hydrogens is 301 g/mol. The maximum atomic E-state index is 10.2. The molecule has 0 saturated carbocycles. The molecule has 3 aromatic rings. The van der Waals surface area contributed by atoms with Crippen LogP contribution >= 0.6 is 8.58 Å². The lowest BCUT2D eigenvalue weighted by molar-refractivity contribution is 0.475. The minimum atomic E-state index is 0.414. The summed E-state index contributed by atoms with van der Waals surface area (Å²) < 4.78 is 0. The Labute approximate surface area is 139 Å². The third kappa shape index (κ3) is 3.91. The second-order valence-corrected chi connectivity index (χ2v) is 6.80.